The zero-order chi connectivity index (χ0) is 20.5. The van der Waals surface area contributed by atoms with E-state index in [1.165, 1.54) is 5.56 Å². The number of carbonyl (C=O) groups is 2. The third kappa shape index (κ3) is 4.11. The van der Waals surface area contributed by atoms with E-state index in [4.69, 9.17) is 0 Å². The fourth-order valence-electron chi connectivity index (χ4n) is 4.07. The van der Waals surface area contributed by atoms with Crippen molar-refractivity contribution >= 4 is 11.8 Å². The number of amides is 2. The van der Waals surface area contributed by atoms with Crippen molar-refractivity contribution in [1.29, 1.82) is 0 Å². The van der Waals surface area contributed by atoms with E-state index < -0.39 is 5.54 Å². The highest BCUT2D eigenvalue weighted by Crippen LogP contribution is 2.33. The summed E-state index contributed by atoms with van der Waals surface area (Å²) in [5.74, 6) is 0.0314. The highest BCUT2D eigenvalue weighted by molar-refractivity contribution is 5.93. The molecule has 28 heavy (non-hydrogen) atoms. The SMILES string of the molecule is Cc1ccc(CN(C)C(=O)C2(C)CCN2C(=O)Cc2cc(C)cc(C)c2)cc1. The third-order valence-electron chi connectivity index (χ3n) is 5.70. The van der Waals surface area contributed by atoms with Crippen LogP contribution in [0.3, 0.4) is 0 Å². The molecule has 1 saturated heterocycles. The maximum Gasteiger partial charge on any atom is 0.248 e. The van der Waals surface area contributed by atoms with Gasteiger partial charge in [0.15, 0.2) is 0 Å². The Labute approximate surface area is 168 Å². The normalized spacial score (nSPS) is 18.5. The van der Waals surface area contributed by atoms with Crippen LogP contribution in [0.1, 0.15) is 41.2 Å². The molecule has 1 fully saturated rings. The zero-order valence-corrected chi connectivity index (χ0v) is 17.6. The Balaban J connectivity index is 1.67. The highest BCUT2D eigenvalue weighted by atomic mass is 16.2. The van der Waals surface area contributed by atoms with Crippen molar-refractivity contribution < 1.29 is 9.59 Å². The van der Waals surface area contributed by atoms with Gasteiger partial charge in [0.2, 0.25) is 11.8 Å². The summed E-state index contributed by atoms with van der Waals surface area (Å²) in [6.45, 7) is 9.21. The molecule has 148 valence electrons. The van der Waals surface area contributed by atoms with Crippen molar-refractivity contribution in [2.45, 2.75) is 52.6 Å². The minimum Gasteiger partial charge on any atom is -0.339 e. The van der Waals surface area contributed by atoms with Crippen LogP contribution >= 0.6 is 0 Å². The van der Waals surface area contributed by atoms with Gasteiger partial charge in [0, 0.05) is 20.1 Å². The molecule has 0 N–H and O–H groups in total. The minimum absolute atomic E-state index is 0.00750. The molecule has 0 aromatic heterocycles. The average Bonchev–Trinajstić information content (AvgIpc) is 2.60. The van der Waals surface area contributed by atoms with E-state index in [1.54, 1.807) is 9.80 Å². The lowest BCUT2D eigenvalue weighted by Gasteiger charge is -2.50. The lowest BCUT2D eigenvalue weighted by atomic mass is 9.84. The maximum atomic E-state index is 13.1. The van der Waals surface area contributed by atoms with Gasteiger partial charge in [0.05, 0.1) is 6.42 Å². The van der Waals surface area contributed by atoms with Crippen LogP contribution in [0.25, 0.3) is 0 Å². The molecule has 4 nitrogen and oxygen atoms in total. The van der Waals surface area contributed by atoms with Crippen LogP contribution in [0.2, 0.25) is 0 Å². The number of hydrogen-bond acceptors (Lipinski definition) is 2. The highest BCUT2D eigenvalue weighted by Gasteiger charge is 2.50. The molecule has 0 bridgehead atoms. The van der Waals surface area contributed by atoms with E-state index in [-0.39, 0.29) is 11.8 Å². The molecule has 0 spiro atoms. The first-order valence-corrected chi connectivity index (χ1v) is 9.88. The first-order chi connectivity index (χ1) is 13.2. The topological polar surface area (TPSA) is 40.6 Å². The Bertz CT molecular complexity index is 868. The van der Waals surface area contributed by atoms with Crippen LogP contribution in [0.4, 0.5) is 0 Å². The minimum atomic E-state index is -0.741. The number of likely N-dealkylation sites (tertiary alicyclic amines) is 1. The van der Waals surface area contributed by atoms with Gasteiger partial charge in [-0.15, -0.1) is 0 Å². The van der Waals surface area contributed by atoms with E-state index in [0.717, 1.165) is 22.3 Å². The average molecular weight is 379 g/mol. The fourth-order valence-corrected chi connectivity index (χ4v) is 4.07. The summed E-state index contributed by atoms with van der Waals surface area (Å²) >= 11 is 0. The van der Waals surface area contributed by atoms with Crippen LogP contribution in [0, 0.1) is 20.8 Å². The first-order valence-electron chi connectivity index (χ1n) is 9.88. The Morgan fingerprint density at radius 2 is 1.57 bits per heavy atom. The molecule has 4 heteroatoms. The van der Waals surface area contributed by atoms with Gasteiger partial charge < -0.3 is 9.80 Å². The molecule has 1 aliphatic rings. The van der Waals surface area contributed by atoms with E-state index in [2.05, 4.69) is 18.2 Å². The Morgan fingerprint density at radius 1 is 0.964 bits per heavy atom. The van der Waals surface area contributed by atoms with E-state index in [9.17, 15) is 9.59 Å². The molecule has 0 radical (unpaired) electrons. The molecule has 1 heterocycles. The van der Waals surface area contributed by atoms with Crippen LogP contribution in [0.5, 0.6) is 0 Å². The summed E-state index contributed by atoms with van der Waals surface area (Å²) < 4.78 is 0. The Kier molecular flexibility index (Phi) is 5.59. The molecule has 1 atom stereocenters. The third-order valence-corrected chi connectivity index (χ3v) is 5.70. The molecule has 0 saturated carbocycles. The summed E-state index contributed by atoms with van der Waals surface area (Å²) in [6, 6.07) is 14.4. The summed E-state index contributed by atoms with van der Waals surface area (Å²) in [5.41, 5.74) is 4.88. The van der Waals surface area contributed by atoms with Gasteiger partial charge in [-0.05, 0) is 45.2 Å². The van der Waals surface area contributed by atoms with Crippen molar-refractivity contribution in [2.75, 3.05) is 13.6 Å². The van der Waals surface area contributed by atoms with Crippen LogP contribution in [-0.4, -0.2) is 40.7 Å². The lowest BCUT2D eigenvalue weighted by Crippen LogP contribution is -2.67. The molecular formula is C24H30N2O2. The van der Waals surface area contributed by atoms with Crippen molar-refractivity contribution in [2.24, 2.45) is 0 Å². The molecular weight excluding hydrogens is 348 g/mol. The standard InChI is InChI=1S/C24H30N2O2/c1-17-6-8-20(9-7-17)16-25(5)23(28)24(4)10-11-26(24)22(27)15-21-13-18(2)12-19(3)14-21/h6-9,12-14H,10-11,15-16H2,1-5H3. The second kappa shape index (κ2) is 7.78. The second-order valence-electron chi connectivity index (χ2n) is 8.39. The van der Waals surface area contributed by atoms with Crippen LogP contribution in [0.15, 0.2) is 42.5 Å². The van der Waals surface area contributed by atoms with Crippen molar-refractivity contribution in [1.82, 2.24) is 9.80 Å². The van der Waals surface area contributed by atoms with Crippen LogP contribution < -0.4 is 0 Å². The fraction of sp³-hybridized carbons (Fsp3) is 0.417. The molecule has 3 rings (SSSR count). The van der Waals surface area contributed by atoms with Gasteiger partial charge >= 0.3 is 0 Å². The predicted molar refractivity (Wildman–Crippen MR) is 112 cm³/mol. The zero-order valence-electron chi connectivity index (χ0n) is 17.6. The lowest BCUT2D eigenvalue weighted by molar-refractivity contribution is -0.163. The Morgan fingerprint density at radius 3 is 2.11 bits per heavy atom. The van der Waals surface area contributed by atoms with E-state index in [0.29, 0.717) is 25.9 Å². The molecule has 1 aliphatic heterocycles. The quantitative estimate of drug-likeness (QED) is 0.794. The smallest absolute Gasteiger partial charge is 0.248 e. The van der Waals surface area contributed by atoms with Crippen molar-refractivity contribution in [3.63, 3.8) is 0 Å². The van der Waals surface area contributed by atoms with Crippen molar-refractivity contribution in [3.8, 4) is 0 Å². The van der Waals surface area contributed by atoms with Gasteiger partial charge in [-0.25, -0.2) is 0 Å². The summed E-state index contributed by atoms with van der Waals surface area (Å²) in [5, 5.41) is 0. The number of hydrogen-bond donors (Lipinski definition) is 0. The Hall–Kier alpha value is -2.62. The number of benzene rings is 2. The molecule has 2 aromatic carbocycles. The molecule has 0 aliphatic carbocycles. The number of likely N-dealkylation sites (N-methyl/N-ethyl adjacent to an activating group) is 1. The van der Waals surface area contributed by atoms with Crippen molar-refractivity contribution in [3.05, 3.63) is 70.3 Å². The number of carbonyl (C=O) groups excluding carboxylic acids is 2. The summed E-state index contributed by atoms with van der Waals surface area (Å²) in [4.78, 5) is 29.5. The number of aryl methyl sites for hydroxylation is 3. The summed E-state index contributed by atoms with van der Waals surface area (Å²) in [7, 11) is 1.82. The maximum absolute atomic E-state index is 13.1. The predicted octanol–water partition coefficient (Wildman–Crippen LogP) is 3.80. The number of rotatable bonds is 5. The second-order valence-corrected chi connectivity index (χ2v) is 8.39. The van der Waals surface area contributed by atoms with Gasteiger partial charge in [-0.3, -0.25) is 9.59 Å². The molecule has 2 amide bonds. The summed E-state index contributed by atoms with van der Waals surface area (Å²) in [6.07, 6.45) is 1.05. The van der Waals surface area contributed by atoms with Gasteiger partial charge in [-0.2, -0.15) is 0 Å². The number of nitrogens with zero attached hydrogens (tertiary/aromatic N) is 2. The van der Waals surface area contributed by atoms with E-state index >= 15 is 0 Å². The van der Waals surface area contributed by atoms with Gasteiger partial charge in [0.25, 0.3) is 0 Å². The molecule has 1 unspecified atom stereocenters. The molecule has 2 aromatic rings. The monoisotopic (exact) mass is 378 g/mol. The first kappa shape index (κ1) is 20.1. The van der Waals surface area contributed by atoms with Gasteiger partial charge in [-0.1, -0.05) is 59.2 Å². The van der Waals surface area contributed by atoms with E-state index in [1.807, 2.05) is 59.0 Å². The van der Waals surface area contributed by atoms with Crippen LogP contribution in [-0.2, 0) is 22.6 Å². The van der Waals surface area contributed by atoms with Gasteiger partial charge in [0.1, 0.15) is 5.54 Å². The largest absolute Gasteiger partial charge is 0.339 e.